The Balaban J connectivity index is 0.980. The van der Waals surface area contributed by atoms with Crippen LogP contribution in [0, 0.1) is 0 Å². The van der Waals surface area contributed by atoms with Crippen molar-refractivity contribution in [1.29, 1.82) is 0 Å². The molecule has 0 unspecified atom stereocenters. The first-order chi connectivity index (χ1) is 28.7. The van der Waals surface area contributed by atoms with E-state index in [9.17, 15) is 0 Å². The second kappa shape index (κ2) is 12.9. The third kappa shape index (κ3) is 5.12. The summed E-state index contributed by atoms with van der Waals surface area (Å²) in [6, 6.07) is 79.9. The molecule has 11 aromatic rings. The number of anilines is 3. The Bertz CT molecular complexity index is 3330. The van der Waals surface area contributed by atoms with Crippen molar-refractivity contribution in [3.05, 3.63) is 218 Å². The lowest BCUT2D eigenvalue weighted by atomic mass is 9.78. The zero-order chi connectivity index (χ0) is 38.2. The molecule has 2 heteroatoms. The standard InChI is InChI=1S/C56H36N2/c1-4-14-37(15-5-1)39-26-29-56(49(32-39)38-16-6-2-7-17-38)57(44-18-8-3-9-19-44)45-27-24-40-33-50-51-34-41-25-28-46(31-43(41)36-53(51)52(50)35-42(40)30-45)58-54-22-12-10-20-47(54)48-21-11-13-23-55(48)58/h1-36H. The average Bonchev–Trinajstić information content (AvgIpc) is 3.63. The Hall–Kier alpha value is -7.68. The zero-order valence-corrected chi connectivity index (χ0v) is 31.7. The molecular weight excluding hydrogens is 701 g/mol. The van der Waals surface area contributed by atoms with Gasteiger partial charge in [0.1, 0.15) is 0 Å². The number of fused-ring (bicyclic) bond motifs is 9. The molecule has 1 aliphatic carbocycles. The fourth-order valence-electron chi connectivity index (χ4n) is 9.27. The number of hydrogen-bond donors (Lipinski definition) is 0. The van der Waals surface area contributed by atoms with Gasteiger partial charge in [-0.3, -0.25) is 0 Å². The summed E-state index contributed by atoms with van der Waals surface area (Å²) < 4.78 is 2.41. The molecule has 0 radical (unpaired) electrons. The Labute approximate surface area is 337 Å². The van der Waals surface area contributed by atoms with Crippen molar-refractivity contribution in [3.63, 3.8) is 0 Å². The van der Waals surface area contributed by atoms with Crippen molar-refractivity contribution < 1.29 is 0 Å². The van der Waals surface area contributed by atoms with Gasteiger partial charge in [-0.15, -0.1) is 0 Å². The molecule has 0 atom stereocenters. The van der Waals surface area contributed by atoms with Crippen molar-refractivity contribution >= 4 is 60.4 Å². The van der Waals surface area contributed by atoms with Crippen molar-refractivity contribution in [2.45, 2.75) is 0 Å². The van der Waals surface area contributed by atoms with Crippen molar-refractivity contribution in [1.82, 2.24) is 4.57 Å². The number of rotatable bonds is 6. The van der Waals surface area contributed by atoms with Crippen LogP contribution in [0.5, 0.6) is 0 Å². The van der Waals surface area contributed by atoms with E-state index in [-0.39, 0.29) is 0 Å². The second-order valence-corrected chi connectivity index (χ2v) is 15.4. The van der Waals surface area contributed by atoms with Gasteiger partial charge in [-0.05, 0) is 145 Å². The molecule has 270 valence electrons. The first-order valence-electron chi connectivity index (χ1n) is 20.0. The molecule has 0 saturated carbocycles. The number of nitrogens with zero attached hydrogens (tertiary/aromatic N) is 2. The summed E-state index contributed by atoms with van der Waals surface area (Å²) in [6.07, 6.45) is 0. The smallest absolute Gasteiger partial charge is 0.0541 e. The quantitative estimate of drug-likeness (QED) is 0.165. The van der Waals surface area contributed by atoms with Crippen molar-refractivity contribution in [3.8, 4) is 50.2 Å². The van der Waals surface area contributed by atoms with E-state index in [0.29, 0.717) is 0 Å². The SMILES string of the molecule is c1ccc(-c2ccc(N(c3ccccc3)c3ccc4cc5c(cc4c3)-c3cc4cc(-n6c7ccccc7c7ccccc76)ccc4cc3-5)c(-c3ccccc3)c2)cc1. The van der Waals surface area contributed by atoms with Crippen LogP contribution in [-0.4, -0.2) is 4.57 Å². The number of aromatic nitrogens is 1. The lowest BCUT2D eigenvalue weighted by Crippen LogP contribution is -2.11. The van der Waals surface area contributed by atoms with E-state index < -0.39 is 0 Å². The molecule has 1 aliphatic rings. The third-order valence-corrected chi connectivity index (χ3v) is 12.0. The predicted molar refractivity (Wildman–Crippen MR) is 246 cm³/mol. The van der Waals surface area contributed by atoms with Gasteiger partial charge in [0.05, 0.1) is 16.7 Å². The monoisotopic (exact) mass is 736 g/mol. The van der Waals surface area contributed by atoms with Gasteiger partial charge >= 0.3 is 0 Å². The van der Waals surface area contributed by atoms with Gasteiger partial charge in [0.2, 0.25) is 0 Å². The molecule has 0 amide bonds. The summed E-state index contributed by atoms with van der Waals surface area (Å²) in [5.74, 6) is 0. The summed E-state index contributed by atoms with van der Waals surface area (Å²) in [4.78, 5) is 2.41. The first-order valence-corrected chi connectivity index (χ1v) is 20.0. The second-order valence-electron chi connectivity index (χ2n) is 15.4. The molecule has 10 aromatic carbocycles. The van der Waals surface area contributed by atoms with Crippen molar-refractivity contribution in [2.24, 2.45) is 0 Å². The first kappa shape index (κ1) is 32.6. The van der Waals surface area contributed by atoms with Crippen LogP contribution >= 0.6 is 0 Å². The molecule has 0 N–H and O–H groups in total. The Morgan fingerprint density at radius 1 is 0.293 bits per heavy atom. The van der Waals surface area contributed by atoms with E-state index >= 15 is 0 Å². The van der Waals surface area contributed by atoms with E-state index in [2.05, 4.69) is 228 Å². The van der Waals surface area contributed by atoms with Crippen LogP contribution in [0.1, 0.15) is 0 Å². The maximum atomic E-state index is 2.41. The molecule has 2 nitrogen and oxygen atoms in total. The van der Waals surface area contributed by atoms with Crippen LogP contribution in [-0.2, 0) is 0 Å². The number of hydrogen-bond acceptors (Lipinski definition) is 1. The molecular formula is C56H36N2. The Morgan fingerprint density at radius 3 is 1.45 bits per heavy atom. The minimum atomic E-state index is 1.12. The van der Waals surface area contributed by atoms with E-state index in [1.807, 2.05) is 0 Å². The summed E-state index contributed by atoms with van der Waals surface area (Å²) in [6.45, 7) is 0. The maximum Gasteiger partial charge on any atom is 0.0541 e. The Morgan fingerprint density at radius 2 is 0.810 bits per heavy atom. The normalized spacial score (nSPS) is 11.8. The molecule has 58 heavy (non-hydrogen) atoms. The van der Waals surface area contributed by atoms with Gasteiger partial charge in [-0.25, -0.2) is 0 Å². The van der Waals surface area contributed by atoms with E-state index in [0.717, 1.165) is 17.1 Å². The Kier molecular flexibility index (Phi) is 7.26. The van der Waals surface area contributed by atoms with E-state index in [1.165, 1.54) is 93.5 Å². The van der Waals surface area contributed by atoms with Crippen LogP contribution < -0.4 is 4.90 Å². The fraction of sp³-hybridized carbons (Fsp3) is 0. The topological polar surface area (TPSA) is 8.17 Å². The van der Waals surface area contributed by atoms with Crippen LogP contribution in [0.3, 0.4) is 0 Å². The zero-order valence-electron chi connectivity index (χ0n) is 31.7. The molecule has 0 bridgehead atoms. The van der Waals surface area contributed by atoms with Gasteiger partial charge in [-0.1, -0.05) is 133 Å². The third-order valence-electron chi connectivity index (χ3n) is 12.0. The molecule has 1 aromatic heterocycles. The van der Waals surface area contributed by atoms with Gasteiger partial charge < -0.3 is 9.47 Å². The number of para-hydroxylation sites is 3. The van der Waals surface area contributed by atoms with E-state index in [1.54, 1.807) is 0 Å². The summed E-state index contributed by atoms with van der Waals surface area (Å²) in [5.41, 5.74) is 17.1. The molecule has 0 saturated heterocycles. The minimum Gasteiger partial charge on any atom is -0.310 e. The van der Waals surface area contributed by atoms with Crippen LogP contribution in [0.25, 0.3) is 93.5 Å². The molecule has 12 rings (SSSR count). The van der Waals surface area contributed by atoms with Gasteiger partial charge in [0.15, 0.2) is 0 Å². The summed E-state index contributed by atoms with van der Waals surface area (Å²) >= 11 is 0. The highest BCUT2D eigenvalue weighted by Crippen LogP contribution is 2.51. The minimum absolute atomic E-state index is 1.12. The summed E-state index contributed by atoms with van der Waals surface area (Å²) in [7, 11) is 0. The van der Waals surface area contributed by atoms with Crippen LogP contribution in [0.2, 0.25) is 0 Å². The largest absolute Gasteiger partial charge is 0.310 e. The molecule has 0 aliphatic heterocycles. The molecule has 0 spiro atoms. The lowest BCUT2D eigenvalue weighted by molar-refractivity contribution is 1.19. The average molecular weight is 737 g/mol. The van der Waals surface area contributed by atoms with Crippen LogP contribution in [0.15, 0.2) is 218 Å². The molecule has 0 fully saturated rings. The van der Waals surface area contributed by atoms with Gasteiger partial charge in [0.25, 0.3) is 0 Å². The highest BCUT2D eigenvalue weighted by molar-refractivity contribution is 6.13. The molecule has 1 heterocycles. The van der Waals surface area contributed by atoms with Crippen molar-refractivity contribution in [2.75, 3.05) is 4.90 Å². The van der Waals surface area contributed by atoms with Crippen LogP contribution in [0.4, 0.5) is 17.1 Å². The summed E-state index contributed by atoms with van der Waals surface area (Å²) in [5, 5.41) is 7.54. The predicted octanol–water partition coefficient (Wildman–Crippen LogP) is 15.5. The van der Waals surface area contributed by atoms with E-state index in [4.69, 9.17) is 0 Å². The fourth-order valence-corrected chi connectivity index (χ4v) is 9.27. The van der Waals surface area contributed by atoms with Gasteiger partial charge in [-0.2, -0.15) is 0 Å². The van der Waals surface area contributed by atoms with Gasteiger partial charge in [0, 0.05) is 33.4 Å². The maximum absolute atomic E-state index is 2.41. The lowest BCUT2D eigenvalue weighted by Gasteiger charge is -2.29. The number of benzene rings is 10. The highest BCUT2D eigenvalue weighted by Gasteiger charge is 2.25. The highest BCUT2D eigenvalue weighted by atomic mass is 15.1.